The molecular weight excluding hydrogens is 707 g/mol. The number of thioether (sulfide) groups is 1. The zero-order valence-electron chi connectivity index (χ0n) is 29.7. The third-order valence-corrected chi connectivity index (χ3v) is 11.1. The Morgan fingerprint density at radius 3 is 2.34 bits per heavy atom. The second-order valence-electron chi connectivity index (χ2n) is 13.0. The van der Waals surface area contributed by atoms with Crippen LogP contribution in [-0.2, 0) is 32.2 Å². The topological polar surface area (TPSA) is 149 Å². The van der Waals surface area contributed by atoms with E-state index in [0.29, 0.717) is 50.0 Å². The number of para-hydroxylation sites is 2. The molecule has 1 aliphatic rings. The third-order valence-electron chi connectivity index (χ3n) is 8.99. The van der Waals surface area contributed by atoms with Crippen molar-refractivity contribution in [2.75, 3.05) is 16.8 Å². The Morgan fingerprint density at radius 2 is 1.60 bits per heavy atom. The lowest BCUT2D eigenvalue weighted by molar-refractivity contribution is -0.245. The number of hydrogen-bond acceptors (Lipinski definition) is 10. The van der Waals surface area contributed by atoms with Gasteiger partial charge in [0.05, 0.1) is 30.2 Å². The van der Waals surface area contributed by atoms with Crippen LogP contribution < -0.4 is 16.4 Å². The highest BCUT2D eigenvalue weighted by molar-refractivity contribution is 8.01. The van der Waals surface area contributed by atoms with Crippen molar-refractivity contribution >= 4 is 46.3 Å². The molecule has 0 unspecified atom stereocenters. The summed E-state index contributed by atoms with van der Waals surface area (Å²) in [7, 11) is 0. The van der Waals surface area contributed by atoms with Crippen molar-refractivity contribution in [3.63, 3.8) is 0 Å². The van der Waals surface area contributed by atoms with Crippen molar-refractivity contribution in [2.24, 2.45) is 0 Å². The van der Waals surface area contributed by atoms with E-state index < -0.39 is 6.29 Å². The van der Waals surface area contributed by atoms with Gasteiger partial charge in [0.25, 0.3) is 0 Å². The minimum atomic E-state index is -0.547. The van der Waals surface area contributed by atoms with E-state index in [0.717, 1.165) is 54.9 Å². The SMILES string of the molecule is Cc1nnc(SC[C@H]2C[C@@H](c3ccc(CO)cc3)O[C@@H](c3ccc(-c4cccc(CNC(=O)CCCCCC(=O)Nc5ccccc5N)c4)cc3)O2)s1. The summed E-state index contributed by atoms with van der Waals surface area (Å²) in [6, 6.07) is 31.5. The van der Waals surface area contributed by atoms with Crippen LogP contribution in [0.5, 0.6) is 0 Å². The van der Waals surface area contributed by atoms with Gasteiger partial charge in [-0.05, 0) is 65.8 Å². The average Bonchev–Trinajstić information content (AvgIpc) is 3.61. The smallest absolute Gasteiger partial charge is 0.224 e. The number of nitrogen functional groups attached to an aromatic ring is 1. The number of unbranched alkanes of at least 4 members (excludes halogenated alkanes) is 2. The van der Waals surface area contributed by atoms with Gasteiger partial charge in [0, 0.05) is 37.1 Å². The van der Waals surface area contributed by atoms with Crippen LogP contribution >= 0.6 is 23.1 Å². The monoisotopic (exact) mass is 751 g/mol. The highest BCUT2D eigenvalue weighted by atomic mass is 32.2. The summed E-state index contributed by atoms with van der Waals surface area (Å²) in [6.45, 7) is 2.39. The molecule has 5 aromatic rings. The Labute approximate surface area is 318 Å². The van der Waals surface area contributed by atoms with E-state index in [1.807, 2.05) is 67.6 Å². The molecule has 2 heterocycles. The van der Waals surface area contributed by atoms with Gasteiger partial charge in [-0.3, -0.25) is 9.59 Å². The molecule has 1 aliphatic heterocycles. The predicted octanol–water partition coefficient (Wildman–Crippen LogP) is 8.13. The predicted molar refractivity (Wildman–Crippen MR) is 210 cm³/mol. The van der Waals surface area contributed by atoms with Crippen LogP contribution in [-0.4, -0.2) is 39.0 Å². The van der Waals surface area contributed by atoms with E-state index in [1.54, 1.807) is 35.2 Å². The van der Waals surface area contributed by atoms with Crippen molar-refractivity contribution in [1.82, 2.24) is 15.5 Å². The lowest BCUT2D eigenvalue weighted by atomic mass is 9.99. The molecule has 276 valence electrons. The van der Waals surface area contributed by atoms with Crippen LogP contribution in [0.4, 0.5) is 11.4 Å². The van der Waals surface area contributed by atoms with E-state index >= 15 is 0 Å². The summed E-state index contributed by atoms with van der Waals surface area (Å²) in [5.74, 6) is 0.643. The van der Waals surface area contributed by atoms with Crippen LogP contribution in [0.2, 0.25) is 0 Å². The number of ether oxygens (including phenoxy) is 2. The number of nitrogens with zero attached hydrogens (tertiary/aromatic N) is 2. The summed E-state index contributed by atoms with van der Waals surface area (Å²) in [6.07, 6.45) is 2.93. The van der Waals surface area contributed by atoms with E-state index in [-0.39, 0.29) is 30.6 Å². The first kappa shape index (κ1) is 38.1. The first-order chi connectivity index (χ1) is 25.8. The van der Waals surface area contributed by atoms with E-state index in [1.165, 1.54) is 0 Å². The van der Waals surface area contributed by atoms with Crippen LogP contribution in [0.3, 0.4) is 0 Å². The molecule has 1 saturated heterocycles. The number of amides is 2. The number of nitrogens with two attached hydrogens (primary N) is 1. The minimum Gasteiger partial charge on any atom is -0.397 e. The number of hydrogen-bond donors (Lipinski definition) is 4. The summed E-state index contributed by atoms with van der Waals surface area (Å²) in [5, 5.41) is 24.7. The molecule has 0 radical (unpaired) electrons. The van der Waals surface area contributed by atoms with Gasteiger partial charge < -0.3 is 30.9 Å². The number of carbonyl (C=O) groups is 2. The van der Waals surface area contributed by atoms with Gasteiger partial charge in [-0.2, -0.15) is 0 Å². The number of benzene rings is 4. The van der Waals surface area contributed by atoms with Crippen molar-refractivity contribution in [3.8, 4) is 11.1 Å². The molecule has 2 amide bonds. The zero-order chi connectivity index (χ0) is 37.0. The highest BCUT2D eigenvalue weighted by Gasteiger charge is 2.32. The Hall–Kier alpha value is -4.59. The average molecular weight is 752 g/mol. The maximum Gasteiger partial charge on any atom is 0.224 e. The number of aryl methyl sites for hydroxylation is 1. The maximum absolute atomic E-state index is 12.6. The number of aliphatic hydroxyl groups is 1. The quantitative estimate of drug-likeness (QED) is 0.0446. The summed E-state index contributed by atoms with van der Waals surface area (Å²) < 4.78 is 14.0. The zero-order valence-corrected chi connectivity index (χ0v) is 31.3. The Morgan fingerprint density at radius 1 is 0.849 bits per heavy atom. The fourth-order valence-electron chi connectivity index (χ4n) is 6.08. The van der Waals surface area contributed by atoms with Crippen molar-refractivity contribution in [3.05, 3.63) is 124 Å². The summed E-state index contributed by atoms with van der Waals surface area (Å²) in [5.41, 5.74) is 13.0. The molecule has 5 N–H and O–H groups in total. The van der Waals surface area contributed by atoms with Crippen LogP contribution in [0.1, 0.15) is 78.2 Å². The minimum absolute atomic E-state index is 0.00107. The van der Waals surface area contributed by atoms with E-state index in [2.05, 4.69) is 45.1 Å². The first-order valence-electron chi connectivity index (χ1n) is 17.9. The standard InChI is InChI=1S/C41H45N5O5S2/c1-27-45-46-41(53-27)52-26-34-23-37(31-16-14-28(25-47)15-17-31)51-40(50-34)32-20-18-30(19-21-32)33-9-7-8-29(22-33)24-43-38(48)12-3-2-4-13-39(49)44-36-11-6-5-10-35(36)42/h5-11,14-22,34,37,40,47H,2-4,12-13,23-26,42H2,1H3,(H,43,48)(H,44,49)/t34-,37+,40+/m1/s1. The lowest BCUT2D eigenvalue weighted by Crippen LogP contribution is -2.31. The maximum atomic E-state index is 12.6. The highest BCUT2D eigenvalue weighted by Crippen LogP contribution is 2.40. The van der Waals surface area contributed by atoms with Crippen molar-refractivity contribution in [2.45, 2.75) is 81.4 Å². The van der Waals surface area contributed by atoms with Gasteiger partial charge in [0.15, 0.2) is 10.6 Å². The third kappa shape index (κ3) is 11.2. The molecule has 10 nitrogen and oxygen atoms in total. The van der Waals surface area contributed by atoms with Gasteiger partial charge in [-0.25, -0.2) is 0 Å². The van der Waals surface area contributed by atoms with Crippen LogP contribution in [0, 0.1) is 6.92 Å². The molecule has 0 bridgehead atoms. The number of carbonyl (C=O) groups excluding carboxylic acids is 2. The molecule has 12 heteroatoms. The molecule has 0 saturated carbocycles. The fraction of sp³-hybridized carbons (Fsp3) is 0.317. The first-order valence-corrected chi connectivity index (χ1v) is 19.7. The van der Waals surface area contributed by atoms with Crippen LogP contribution in [0.25, 0.3) is 11.1 Å². The second kappa shape index (κ2) is 18.9. The molecule has 4 aromatic carbocycles. The Balaban J connectivity index is 0.995. The molecule has 0 spiro atoms. The van der Waals surface area contributed by atoms with Crippen molar-refractivity contribution in [1.29, 1.82) is 0 Å². The number of aromatic nitrogens is 2. The molecule has 1 fully saturated rings. The molecule has 6 rings (SSSR count). The Bertz CT molecular complexity index is 1950. The van der Waals surface area contributed by atoms with Gasteiger partial charge in [0.2, 0.25) is 11.8 Å². The molecule has 0 aliphatic carbocycles. The number of rotatable bonds is 16. The van der Waals surface area contributed by atoms with Crippen LogP contribution in [0.15, 0.2) is 101 Å². The number of aliphatic hydroxyl groups excluding tert-OH is 1. The second-order valence-corrected chi connectivity index (χ2v) is 15.5. The molecular formula is C41H45N5O5S2. The lowest BCUT2D eigenvalue weighted by Gasteiger charge is -2.36. The Kier molecular flexibility index (Phi) is 13.6. The molecule has 3 atom stereocenters. The number of nitrogens with one attached hydrogen (secondary N) is 2. The van der Waals surface area contributed by atoms with Crippen molar-refractivity contribution < 1.29 is 24.2 Å². The van der Waals surface area contributed by atoms with E-state index in [4.69, 9.17) is 15.2 Å². The van der Waals surface area contributed by atoms with E-state index in [9.17, 15) is 14.7 Å². The van der Waals surface area contributed by atoms with Gasteiger partial charge in [-0.15, -0.1) is 10.2 Å². The molecule has 1 aromatic heterocycles. The molecule has 53 heavy (non-hydrogen) atoms. The number of anilines is 2. The van der Waals surface area contributed by atoms with Gasteiger partial charge in [-0.1, -0.05) is 108 Å². The van der Waals surface area contributed by atoms with Gasteiger partial charge >= 0.3 is 0 Å². The normalized spacial score (nSPS) is 17.0. The largest absolute Gasteiger partial charge is 0.397 e. The summed E-state index contributed by atoms with van der Waals surface area (Å²) in [4.78, 5) is 24.8. The summed E-state index contributed by atoms with van der Waals surface area (Å²) >= 11 is 3.23. The van der Waals surface area contributed by atoms with Gasteiger partial charge in [0.1, 0.15) is 5.01 Å². The fourth-order valence-corrected chi connectivity index (χ4v) is 7.94.